The van der Waals surface area contributed by atoms with Gasteiger partial charge in [-0.1, -0.05) is 0 Å². The Labute approximate surface area is 90.6 Å². The largest absolute Gasteiger partial charge is 0.335 e. The van der Waals surface area contributed by atoms with Crippen LogP contribution in [0.1, 0.15) is 6.42 Å². The van der Waals surface area contributed by atoms with E-state index in [1.54, 1.807) is 0 Å². The molecule has 1 rings (SSSR count). The molecule has 0 saturated heterocycles. The average molecular weight is 210 g/mol. The summed E-state index contributed by atoms with van der Waals surface area (Å²) in [5.74, 6) is 0.837. The molecular weight excluding hydrogens is 192 g/mol. The Morgan fingerprint density at radius 3 is 2.80 bits per heavy atom. The molecule has 0 bridgehead atoms. The van der Waals surface area contributed by atoms with Gasteiger partial charge in [0.2, 0.25) is 0 Å². The van der Waals surface area contributed by atoms with Gasteiger partial charge in [-0.15, -0.1) is 4.91 Å². The summed E-state index contributed by atoms with van der Waals surface area (Å²) in [5, 5.41) is 2.82. The van der Waals surface area contributed by atoms with Gasteiger partial charge >= 0.3 is 0 Å². The average Bonchev–Trinajstić information content (AvgIpc) is 2.50. The van der Waals surface area contributed by atoms with Gasteiger partial charge in [-0.2, -0.15) is 0 Å². The van der Waals surface area contributed by atoms with Crippen molar-refractivity contribution in [3.63, 3.8) is 0 Å². The molecule has 1 aliphatic rings. The van der Waals surface area contributed by atoms with E-state index in [1.807, 2.05) is 29.2 Å². The quantitative estimate of drug-likeness (QED) is 0.640. The highest BCUT2D eigenvalue weighted by Gasteiger charge is 2.15. The Morgan fingerprint density at radius 1 is 1.47 bits per heavy atom. The Hall–Kier alpha value is -1.36. The Bertz CT molecular complexity index is 273. The standard InChI is InChI=1S/C10H18N4O/c1-12(2)5-4-6-14-8-7-13(3)10(14)9-11-15/h7-9H,4-6H2,1-3H3/b10-9+. The highest BCUT2D eigenvalue weighted by Crippen LogP contribution is 2.17. The second-order valence-electron chi connectivity index (χ2n) is 3.85. The van der Waals surface area contributed by atoms with Gasteiger partial charge in [0, 0.05) is 26.0 Å². The van der Waals surface area contributed by atoms with Gasteiger partial charge in [-0.3, -0.25) is 0 Å². The third-order valence-corrected chi connectivity index (χ3v) is 2.30. The van der Waals surface area contributed by atoms with Crippen molar-refractivity contribution in [2.75, 3.05) is 34.2 Å². The fourth-order valence-electron chi connectivity index (χ4n) is 1.49. The topological polar surface area (TPSA) is 39.1 Å². The zero-order valence-electron chi connectivity index (χ0n) is 9.55. The zero-order chi connectivity index (χ0) is 11.3. The van der Waals surface area contributed by atoms with Gasteiger partial charge in [-0.25, -0.2) is 0 Å². The monoisotopic (exact) mass is 210 g/mol. The van der Waals surface area contributed by atoms with Crippen molar-refractivity contribution >= 4 is 0 Å². The SMILES string of the molecule is CN(C)CCCN1C=CN(C)/C1=C\N=O. The Kier molecular flexibility index (Phi) is 4.30. The van der Waals surface area contributed by atoms with E-state index in [4.69, 9.17) is 0 Å². The lowest BCUT2D eigenvalue weighted by molar-refractivity contribution is 0.340. The van der Waals surface area contributed by atoms with Crippen LogP contribution in [-0.4, -0.2) is 48.9 Å². The molecule has 0 aliphatic carbocycles. The molecule has 5 heteroatoms. The van der Waals surface area contributed by atoms with E-state index in [2.05, 4.69) is 24.2 Å². The van der Waals surface area contributed by atoms with Gasteiger partial charge < -0.3 is 14.7 Å². The molecule has 1 heterocycles. The van der Waals surface area contributed by atoms with Gasteiger partial charge in [0.15, 0.2) is 0 Å². The number of hydrogen-bond donors (Lipinski definition) is 0. The summed E-state index contributed by atoms with van der Waals surface area (Å²) in [6, 6.07) is 0. The minimum Gasteiger partial charge on any atom is -0.335 e. The molecule has 0 atom stereocenters. The van der Waals surface area contributed by atoms with Crippen LogP contribution in [0.15, 0.2) is 29.6 Å². The first-order chi connectivity index (χ1) is 7.15. The summed E-state index contributed by atoms with van der Waals surface area (Å²) in [7, 11) is 6.00. The van der Waals surface area contributed by atoms with Gasteiger partial charge in [-0.05, 0) is 32.2 Å². The molecule has 0 radical (unpaired) electrons. The third kappa shape index (κ3) is 3.36. The molecule has 0 amide bonds. The van der Waals surface area contributed by atoms with Crippen molar-refractivity contribution in [3.05, 3.63) is 29.3 Å². The molecule has 84 valence electrons. The zero-order valence-corrected chi connectivity index (χ0v) is 9.55. The lowest BCUT2D eigenvalue weighted by Crippen LogP contribution is -2.24. The number of nitrogens with zero attached hydrogens (tertiary/aromatic N) is 4. The molecule has 0 spiro atoms. The number of hydrogen-bond acceptors (Lipinski definition) is 5. The second kappa shape index (κ2) is 5.50. The molecule has 0 N–H and O–H groups in total. The van der Waals surface area contributed by atoms with Crippen molar-refractivity contribution in [2.24, 2.45) is 5.18 Å². The van der Waals surface area contributed by atoms with Crippen molar-refractivity contribution in [3.8, 4) is 0 Å². The minimum atomic E-state index is 0.837. The summed E-state index contributed by atoms with van der Waals surface area (Å²) in [6.45, 7) is 1.94. The summed E-state index contributed by atoms with van der Waals surface area (Å²) >= 11 is 0. The van der Waals surface area contributed by atoms with Crippen molar-refractivity contribution in [1.29, 1.82) is 0 Å². The van der Waals surface area contributed by atoms with Crippen molar-refractivity contribution in [2.45, 2.75) is 6.42 Å². The first-order valence-electron chi connectivity index (χ1n) is 5.00. The summed E-state index contributed by atoms with van der Waals surface area (Å²) in [4.78, 5) is 16.3. The van der Waals surface area contributed by atoms with Crippen LogP contribution in [0.25, 0.3) is 0 Å². The van der Waals surface area contributed by atoms with Crippen LogP contribution in [0.2, 0.25) is 0 Å². The van der Waals surface area contributed by atoms with Crippen LogP contribution in [0.4, 0.5) is 0 Å². The molecule has 0 saturated carbocycles. The van der Waals surface area contributed by atoms with Crippen LogP contribution in [0.5, 0.6) is 0 Å². The maximum Gasteiger partial charge on any atom is 0.134 e. The number of nitroso groups, excluding NO2 is 1. The first kappa shape index (κ1) is 11.7. The normalized spacial score (nSPS) is 18.3. The van der Waals surface area contributed by atoms with Gasteiger partial charge in [0.1, 0.15) is 12.0 Å². The van der Waals surface area contributed by atoms with E-state index in [9.17, 15) is 4.91 Å². The lowest BCUT2D eigenvalue weighted by Gasteiger charge is -2.21. The number of rotatable bonds is 5. The smallest absolute Gasteiger partial charge is 0.134 e. The van der Waals surface area contributed by atoms with Crippen LogP contribution in [-0.2, 0) is 0 Å². The summed E-state index contributed by atoms with van der Waals surface area (Å²) in [5.41, 5.74) is 0. The maximum atomic E-state index is 10.2. The van der Waals surface area contributed by atoms with Gasteiger partial charge in [0.25, 0.3) is 0 Å². The van der Waals surface area contributed by atoms with E-state index in [0.29, 0.717) is 0 Å². The van der Waals surface area contributed by atoms with Crippen LogP contribution < -0.4 is 0 Å². The van der Waals surface area contributed by atoms with E-state index in [-0.39, 0.29) is 0 Å². The van der Waals surface area contributed by atoms with Crippen molar-refractivity contribution < 1.29 is 0 Å². The fourth-order valence-corrected chi connectivity index (χ4v) is 1.49. The highest BCUT2D eigenvalue weighted by atomic mass is 16.2. The molecule has 0 aromatic heterocycles. The van der Waals surface area contributed by atoms with Crippen molar-refractivity contribution in [1.82, 2.24) is 14.7 Å². The second-order valence-corrected chi connectivity index (χ2v) is 3.85. The molecule has 0 aromatic carbocycles. The van der Waals surface area contributed by atoms with E-state index >= 15 is 0 Å². The van der Waals surface area contributed by atoms with E-state index in [1.165, 1.54) is 6.20 Å². The van der Waals surface area contributed by atoms with Crippen LogP contribution in [0.3, 0.4) is 0 Å². The van der Waals surface area contributed by atoms with Crippen LogP contribution >= 0.6 is 0 Å². The van der Waals surface area contributed by atoms with E-state index < -0.39 is 0 Å². The first-order valence-corrected chi connectivity index (χ1v) is 5.00. The van der Waals surface area contributed by atoms with Crippen LogP contribution in [0, 0.1) is 4.91 Å². The summed E-state index contributed by atoms with van der Waals surface area (Å²) in [6.07, 6.45) is 6.29. The van der Waals surface area contributed by atoms with Gasteiger partial charge in [0.05, 0.1) is 0 Å². The third-order valence-electron chi connectivity index (χ3n) is 2.30. The molecule has 0 unspecified atom stereocenters. The molecule has 15 heavy (non-hydrogen) atoms. The molecule has 0 fully saturated rings. The molecule has 5 nitrogen and oxygen atoms in total. The predicted molar refractivity (Wildman–Crippen MR) is 60.7 cm³/mol. The lowest BCUT2D eigenvalue weighted by atomic mass is 10.4. The van der Waals surface area contributed by atoms with E-state index in [0.717, 1.165) is 25.3 Å². The molecular formula is C10H18N4O. The predicted octanol–water partition coefficient (Wildman–Crippen LogP) is 1.22. The maximum absolute atomic E-state index is 10.2. The minimum absolute atomic E-state index is 0.837. The molecule has 1 aliphatic heterocycles. The Morgan fingerprint density at radius 2 is 2.20 bits per heavy atom. The highest BCUT2D eigenvalue weighted by molar-refractivity contribution is 5.12. The Balaban J connectivity index is 2.44. The fraction of sp³-hybridized carbons (Fsp3) is 0.600. The molecule has 0 aromatic rings. The summed E-state index contributed by atoms with van der Waals surface area (Å²) < 4.78 is 0.